The summed E-state index contributed by atoms with van der Waals surface area (Å²) in [7, 11) is 0. The van der Waals surface area contributed by atoms with E-state index in [1.807, 2.05) is 0 Å². The van der Waals surface area contributed by atoms with Gasteiger partial charge in [-0.25, -0.2) is 4.98 Å². The quantitative estimate of drug-likeness (QED) is 0.825. The number of halogens is 2. The molecular weight excluding hydrogens is 289 g/mol. The molecule has 0 aliphatic carbocycles. The third-order valence-corrected chi connectivity index (χ3v) is 3.89. The Morgan fingerprint density at radius 2 is 1.88 bits per heavy atom. The van der Waals surface area contributed by atoms with Crippen LogP contribution in [0, 0.1) is 0 Å². The average molecular weight is 307 g/mol. The number of nitrogens with one attached hydrogen (secondary N) is 1. The highest BCUT2D eigenvalue weighted by Crippen LogP contribution is 2.29. The van der Waals surface area contributed by atoms with Gasteiger partial charge in [0.2, 0.25) is 5.28 Å². The van der Waals surface area contributed by atoms with E-state index in [-0.39, 0.29) is 10.8 Å². The lowest BCUT2D eigenvalue weighted by molar-refractivity contribution is 0.418. The van der Waals surface area contributed by atoms with Crippen LogP contribution in [0.15, 0.2) is 10.7 Å². The first kappa shape index (κ1) is 13.7. The van der Waals surface area contributed by atoms with Gasteiger partial charge >= 0.3 is 0 Å². The molecule has 16 heavy (non-hydrogen) atoms. The average Bonchev–Trinajstić information content (AvgIpc) is 2.31. The molecule has 0 fully saturated rings. The molecule has 0 radical (unpaired) electrons. The summed E-state index contributed by atoms with van der Waals surface area (Å²) in [4.78, 5) is 8.11. The number of nitrogens with zero attached hydrogens (tertiary/aromatic N) is 2. The molecule has 0 bridgehead atoms. The van der Waals surface area contributed by atoms with Crippen LogP contribution in [0.2, 0.25) is 5.28 Å². The molecule has 0 spiro atoms. The lowest BCUT2D eigenvalue weighted by atomic mass is 9.90. The van der Waals surface area contributed by atoms with Crippen LogP contribution in [0.5, 0.6) is 0 Å². The maximum atomic E-state index is 5.79. The summed E-state index contributed by atoms with van der Waals surface area (Å²) in [6.45, 7) is 6.53. The van der Waals surface area contributed by atoms with Gasteiger partial charge in [0.05, 0.1) is 4.47 Å². The molecule has 5 heteroatoms. The van der Waals surface area contributed by atoms with E-state index in [1.54, 1.807) is 6.20 Å². The fourth-order valence-electron chi connectivity index (χ4n) is 1.70. The third-order valence-electron chi connectivity index (χ3n) is 3.13. The molecule has 1 heterocycles. The minimum atomic E-state index is 0.0835. The first-order valence-electron chi connectivity index (χ1n) is 5.53. The van der Waals surface area contributed by atoms with E-state index in [9.17, 15) is 0 Å². The van der Waals surface area contributed by atoms with Crippen LogP contribution >= 0.6 is 27.5 Å². The zero-order valence-corrected chi connectivity index (χ0v) is 12.2. The van der Waals surface area contributed by atoms with Crippen LogP contribution in [0.1, 0.15) is 40.0 Å². The van der Waals surface area contributed by atoms with Crippen molar-refractivity contribution in [3.8, 4) is 0 Å². The molecule has 0 aliphatic heterocycles. The van der Waals surface area contributed by atoms with Crippen molar-refractivity contribution in [1.82, 2.24) is 9.97 Å². The molecule has 1 rings (SSSR count). The normalized spacial score (nSPS) is 11.6. The van der Waals surface area contributed by atoms with Crippen molar-refractivity contribution >= 4 is 33.3 Å². The van der Waals surface area contributed by atoms with Gasteiger partial charge in [-0.15, -0.1) is 0 Å². The second-order valence-electron chi connectivity index (χ2n) is 3.80. The fourth-order valence-corrected chi connectivity index (χ4v) is 2.12. The van der Waals surface area contributed by atoms with Crippen LogP contribution < -0.4 is 5.32 Å². The molecule has 0 saturated carbocycles. The highest BCUT2D eigenvalue weighted by molar-refractivity contribution is 9.10. The van der Waals surface area contributed by atoms with E-state index >= 15 is 0 Å². The van der Waals surface area contributed by atoms with Gasteiger partial charge in [0, 0.05) is 11.7 Å². The van der Waals surface area contributed by atoms with E-state index in [1.165, 1.54) is 0 Å². The summed E-state index contributed by atoms with van der Waals surface area (Å²) in [6, 6.07) is 0. The summed E-state index contributed by atoms with van der Waals surface area (Å²) in [5.74, 6) is 0.769. The lowest BCUT2D eigenvalue weighted by Crippen LogP contribution is -2.36. The maximum Gasteiger partial charge on any atom is 0.224 e. The van der Waals surface area contributed by atoms with E-state index in [2.05, 4.69) is 52.0 Å². The van der Waals surface area contributed by atoms with Crippen LogP contribution in [0.25, 0.3) is 0 Å². The van der Waals surface area contributed by atoms with Gasteiger partial charge < -0.3 is 5.32 Å². The molecule has 0 unspecified atom stereocenters. The molecule has 0 atom stereocenters. The smallest absolute Gasteiger partial charge is 0.224 e. The Hall–Kier alpha value is -0.350. The monoisotopic (exact) mass is 305 g/mol. The van der Waals surface area contributed by atoms with Gasteiger partial charge in [0.15, 0.2) is 0 Å². The Balaban J connectivity index is 2.97. The lowest BCUT2D eigenvalue weighted by Gasteiger charge is -2.32. The first-order chi connectivity index (χ1) is 7.56. The second-order valence-corrected chi connectivity index (χ2v) is 4.99. The Kier molecular flexibility index (Phi) is 4.99. The van der Waals surface area contributed by atoms with E-state index in [0.29, 0.717) is 0 Å². The summed E-state index contributed by atoms with van der Waals surface area (Å²) in [6.07, 6.45) is 4.82. The third kappa shape index (κ3) is 3.08. The Morgan fingerprint density at radius 3 is 2.38 bits per heavy atom. The standard InChI is InChI=1S/C11H17BrClN3/c1-4-11(5-2,6-3)16-9-8(12)7-14-10(13)15-9/h7H,4-6H2,1-3H3,(H,14,15,16). The van der Waals surface area contributed by atoms with Crippen LogP contribution in [-0.4, -0.2) is 15.5 Å². The molecular formula is C11H17BrClN3. The molecule has 0 amide bonds. The van der Waals surface area contributed by atoms with Crippen LogP contribution in [0.3, 0.4) is 0 Å². The number of aromatic nitrogens is 2. The Morgan fingerprint density at radius 1 is 1.31 bits per heavy atom. The van der Waals surface area contributed by atoms with Crippen LogP contribution in [-0.2, 0) is 0 Å². The molecule has 3 nitrogen and oxygen atoms in total. The number of hydrogen-bond donors (Lipinski definition) is 1. The molecule has 1 N–H and O–H groups in total. The van der Waals surface area contributed by atoms with Gasteiger partial charge in [0.25, 0.3) is 0 Å². The van der Waals surface area contributed by atoms with Crippen molar-refractivity contribution in [2.24, 2.45) is 0 Å². The zero-order chi connectivity index (χ0) is 12.2. The van der Waals surface area contributed by atoms with Crippen molar-refractivity contribution in [3.05, 3.63) is 16.0 Å². The summed E-state index contributed by atoms with van der Waals surface area (Å²) in [5.41, 5.74) is 0.0835. The first-order valence-corrected chi connectivity index (χ1v) is 6.70. The summed E-state index contributed by atoms with van der Waals surface area (Å²) < 4.78 is 0.844. The summed E-state index contributed by atoms with van der Waals surface area (Å²) in [5, 5.41) is 3.73. The predicted octanol–water partition coefficient (Wildman–Crippen LogP) is 4.27. The summed E-state index contributed by atoms with van der Waals surface area (Å²) >= 11 is 9.22. The molecule has 1 aromatic rings. The van der Waals surface area contributed by atoms with E-state index < -0.39 is 0 Å². The van der Waals surface area contributed by atoms with Gasteiger partial charge in [-0.05, 0) is 46.8 Å². The SMILES string of the molecule is CCC(CC)(CC)Nc1nc(Cl)ncc1Br. The number of rotatable bonds is 5. The highest BCUT2D eigenvalue weighted by atomic mass is 79.9. The molecule has 0 aliphatic rings. The van der Waals surface area contributed by atoms with Crippen molar-refractivity contribution < 1.29 is 0 Å². The maximum absolute atomic E-state index is 5.79. The van der Waals surface area contributed by atoms with Gasteiger partial charge in [-0.2, -0.15) is 4.98 Å². The Bertz CT molecular complexity index is 345. The molecule has 0 saturated heterocycles. The number of anilines is 1. The molecule has 0 aromatic carbocycles. The topological polar surface area (TPSA) is 37.8 Å². The predicted molar refractivity (Wildman–Crippen MR) is 72.0 cm³/mol. The zero-order valence-electron chi connectivity index (χ0n) is 9.85. The van der Waals surface area contributed by atoms with Crippen molar-refractivity contribution in [3.63, 3.8) is 0 Å². The number of hydrogen-bond acceptors (Lipinski definition) is 3. The van der Waals surface area contributed by atoms with Crippen molar-refractivity contribution in [2.75, 3.05) is 5.32 Å². The van der Waals surface area contributed by atoms with Crippen LogP contribution in [0.4, 0.5) is 5.82 Å². The minimum absolute atomic E-state index is 0.0835. The Labute approximate surface area is 110 Å². The van der Waals surface area contributed by atoms with E-state index in [4.69, 9.17) is 11.6 Å². The second kappa shape index (κ2) is 5.82. The van der Waals surface area contributed by atoms with Crippen molar-refractivity contribution in [2.45, 2.75) is 45.6 Å². The molecule has 1 aromatic heterocycles. The molecule has 90 valence electrons. The van der Waals surface area contributed by atoms with Gasteiger partial charge in [-0.3, -0.25) is 0 Å². The highest BCUT2D eigenvalue weighted by Gasteiger charge is 2.24. The fraction of sp³-hybridized carbons (Fsp3) is 0.636. The largest absolute Gasteiger partial charge is 0.364 e. The van der Waals surface area contributed by atoms with Gasteiger partial charge in [-0.1, -0.05) is 20.8 Å². The minimum Gasteiger partial charge on any atom is -0.364 e. The van der Waals surface area contributed by atoms with Gasteiger partial charge in [0.1, 0.15) is 5.82 Å². The van der Waals surface area contributed by atoms with Crippen molar-refractivity contribution in [1.29, 1.82) is 0 Å². The van der Waals surface area contributed by atoms with E-state index in [0.717, 1.165) is 29.6 Å².